The van der Waals surface area contributed by atoms with Crippen molar-refractivity contribution in [3.63, 3.8) is 0 Å². The van der Waals surface area contributed by atoms with Gasteiger partial charge in [-0.1, -0.05) is 42.6 Å². The van der Waals surface area contributed by atoms with Crippen LogP contribution in [0.3, 0.4) is 0 Å². The molecule has 3 heteroatoms. The average Bonchev–Trinajstić information content (AvgIpc) is 2.41. The second-order valence-corrected chi connectivity index (χ2v) is 6.68. The van der Waals surface area contributed by atoms with Gasteiger partial charge in [-0.3, -0.25) is 0 Å². The summed E-state index contributed by atoms with van der Waals surface area (Å²) in [6.07, 6.45) is 3.86. The van der Waals surface area contributed by atoms with E-state index in [0.717, 1.165) is 16.1 Å². The molecule has 0 heterocycles. The first-order chi connectivity index (χ1) is 8.69. The number of rotatable bonds is 8. The van der Waals surface area contributed by atoms with Gasteiger partial charge in [0.05, 0.1) is 0 Å². The van der Waals surface area contributed by atoms with E-state index in [1.807, 2.05) is 11.8 Å². The Balaban J connectivity index is 2.41. The molecule has 1 aromatic rings. The van der Waals surface area contributed by atoms with Gasteiger partial charge in [-0.25, -0.2) is 0 Å². The predicted molar refractivity (Wildman–Crippen MR) is 86.4 cm³/mol. The van der Waals surface area contributed by atoms with Crippen LogP contribution in [0.2, 0.25) is 0 Å². The van der Waals surface area contributed by atoms with E-state index in [-0.39, 0.29) is 0 Å². The van der Waals surface area contributed by atoms with Crippen molar-refractivity contribution in [1.29, 1.82) is 0 Å². The SMILES string of the molecule is CCC(CC)CC(CSc1ccc(Br)cc1)NC. The highest BCUT2D eigenvalue weighted by molar-refractivity contribution is 9.10. The molecule has 1 unspecified atom stereocenters. The quantitative estimate of drug-likeness (QED) is 0.677. The van der Waals surface area contributed by atoms with Crippen molar-refractivity contribution in [1.82, 2.24) is 5.32 Å². The van der Waals surface area contributed by atoms with E-state index in [1.54, 1.807) is 0 Å². The summed E-state index contributed by atoms with van der Waals surface area (Å²) in [6, 6.07) is 9.19. The first kappa shape index (κ1) is 16.1. The molecule has 0 aliphatic rings. The lowest BCUT2D eigenvalue weighted by molar-refractivity contribution is 0.397. The van der Waals surface area contributed by atoms with Crippen LogP contribution < -0.4 is 5.32 Å². The van der Waals surface area contributed by atoms with E-state index in [0.29, 0.717) is 6.04 Å². The molecule has 1 aromatic carbocycles. The molecule has 1 atom stereocenters. The summed E-state index contributed by atoms with van der Waals surface area (Å²) in [7, 11) is 2.08. The minimum absolute atomic E-state index is 0.614. The Morgan fingerprint density at radius 3 is 2.28 bits per heavy atom. The third-order valence-electron chi connectivity index (χ3n) is 3.45. The maximum Gasteiger partial charge on any atom is 0.0176 e. The first-order valence-electron chi connectivity index (χ1n) is 6.75. The summed E-state index contributed by atoms with van der Waals surface area (Å²) in [5.41, 5.74) is 0. The van der Waals surface area contributed by atoms with Crippen LogP contribution in [0.4, 0.5) is 0 Å². The normalized spacial score (nSPS) is 12.9. The zero-order chi connectivity index (χ0) is 13.4. The van der Waals surface area contributed by atoms with Crippen LogP contribution in [0.5, 0.6) is 0 Å². The van der Waals surface area contributed by atoms with Crippen LogP contribution in [0.25, 0.3) is 0 Å². The van der Waals surface area contributed by atoms with Crippen molar-refractivity contribution >= 4 is 27.7 Å². The molecule has 102 valence electrons. The number of halogens is 1. The van der Waals surface area contributed by atoms with Crippen LogP contribution in [0.15, 0.2) is 33.6 Å². The van der Waals surface area contributed by atoms with E-state index < -0.39 is 0 Å². The molecule has 0 aliphatic heterocycles. The molecule has 18 heavy (non-hydrogen) atoms. The average molecular weight is 330 g/mol. The number of benzene rings is 1. The number of nitrogens with one attached hydrogen (secondary N) is 1. The number of hydrogen-bond acceptors (Lipinski definition) is 2. The molecule has 0 saturated heterocycles. The Bertz CT molecular complexity index is 322. The lowest BCUT2D eigenvalue weighted by Gasteiger charge is -2.21. The van der Waals surface area contributed by atoms with Gasteiger partial charge >= 0.3 is 0 Å². The third-order valence-corrected chi connectivity index (χ3v) is 5.15. The lowest BCUT2D eigenvalue weighted by atomic mass is 9.95. The molecule has 0 radical (unpaired) electrons. The van der Waals surface area contributed by atoms with Crippen LogP contribution in [0.1, 0.15) is 33.1 Å². The lowest BCUT2D eigenvalue weighted by Crippen LogP contribution is -2.30. The molecule has 0 saturated carbocycles. The first-order valence-corrected chi connectivity index (χ1v) is 8.53. The molecule has 0 bridgehead atoms. The van der Waals surface area contributed by atoms with Gasteiger partial charge in [0.15, 0.2) is 0 Å². The van der Waals surface area contributed by atoms with Gasteiger partial charge in [-0.2, -0.15) is 0 Å². The van der Waals surface area contributed by atoms with Gasteiger partial charge in [0.2, 0.25) is 0 Å². The van der Waals surface area contributed by atoms with E-state index in [1.165, 1.54) is 24.2 Å². The van der Waals surface area contributed by atoms with Crippen molar-refractivity contribution in [3.05, 3.63) is 28.7 Å². The van der Waals surface area contributed by atoms with E-state index in [4.69, 9.17) is 0 Å². The molecule has 0 aliphatic carbocycles. The van der Waals surface area contributed by atoms with E-state index in [2.05, 4.69) is 66.4 Å². The van der Waals surface area contributed by atoms with Gasteiger partial charge in [-0.15, -0.1) is 11.8 Å². The molecule has 0 aromatic heterocycles. The van der Waals surface area contributed by atoms with Crippen molar-refractivity contribution in [2.75, 3.05) is 12.8 Å². The summed E-state index contributed by atoms with van der Waals surface area (Å²) >= 11 is 5.41. The Morgan fingerprint density at radius 1 is 1.17 bits per heavy atom. The maximum absolute atomic E-state index is 3.47. The Morgan fingerprint density at radius 2 is 1.78 bits per heavy atom. The fourth-order valence-electron chi connectivity index (χ4n) is 2.02. The highest BCUT2D eigenvalue weighted by atomic mass is 79.9. The minimum Gasteiger partial charge on any atom is -0.316 e. The van der Waals surface area contributed by atoms with Crippen molar-refractivity contribution in [2.45, 2.75) is 44.0 Å². The van der Waals surface area contributed by atoms with Crippen molar-refractivity contribution in [3.8, 4) is 0 Å². The Hall–Kier alpha value is 0.01000. The molecule has 1 nitrogen and oxygen atoms in total. The molecule has 0 amide bonds. The van der Waals surface area contributed by atoms with Crippen LogP contribution in [0, 0.1) is 5.92 Å². The van der Waals surface area contributed by atoms with Crippen LogP contribution in [-0.4, -0.2) is 18.8 Å². The Labute approximate surface area is 124 Å². The molecule has 0 fully saturated rings. The third kappa shape index (κ3) is 5.77. The van der Waals surface area contributed by atoms with Crippen molar-refractivity contribution in [2.24, 2.45) is 5.92 Å². The summed E-state index contributed by atoms with van der Waals surface area (Å²) in [5.74, 6) is 2.00. The van der Waals surface area contributed by atoms with Gasteiger partial charge < -0.3 is 5.32 Å². The molecular weight excluding hydrogens is 306 g/mol. The second-order valence-electron chi connectivity index (χ2n) is 4.67. The van der Waals surface area contributed by atoms with Crippen molar-refractivity contribution < 1.29 is 0 Å². The largest absolute Gasteiger partial charge is 0.316 e. The molecular formula is C15H24BrNS. The molecule has 0 spiro atoms. The van der Waals surface area contributed by atoms with Crippen LogP contribution in [-0.2, 0) is 0 Å². The van der Waals surface area contributed by atoms with Crippen LogP contribution >= 0.6 is 27.7 Å². The van der Waals surface area contributed by atoms with E-state index >= 15 is 0 Å². The number of hydrogen-bond donors (Lipinski definition) is 1. The highest BCUT2D eigenvalue weighted by Crippen LogP contribution is 2.24. The maximum atomic E-state index is 3.47. The van der Waals surface area contributed by atoms with Gasteiger partial charge in [0, 0.05) is 21.2 Å². The summed E-state index contributed by atoms with van der Waals surface area (Å²) in [6.45, 7) is 4.59. The predicted octanol–water partition coefficient (Wildman–Crippen LogP) is 4.96. The minimum atomic E-state index is 0.614. The van der Waals surface area contributed by atoms with E-state index in [9.17, 15) is 0 Å². The van der Waals surface area contributed by atoms with Gasteiger partial charge in [-0.05, 0) is 43.7 Å². The summed E-state index contributed by atoms with van der Waals surface area (Å²) < 4.78 is 1.15. The fourth-order valence-corrected chi connectivity index (χ4v) is 3.31. The zero-order valence-electron chi connectivity index (χ0n) is 11.6. The Kier molecular flexibility index (Phi) is 8.03. The smallest absolute Gasteiger partial charge is 0.0176 e. The summed E-state index contributed by atoms with van der Waals surface area (Å²) in [4.78, 5) is 1.35. The monoisotopic (exact) mass is 329 g/mol. The van der Waals surface area contributed by atoms with Gasteiger partial charge in [0.1, 0.15) is 0 Å². The molecule has 1 rings (SSSR count). The zero-order valence-corrected chi connectivity index (χ0v) is 14.0. The second kappa shape index (κ2) is 9.00. The number of thioether (sulfide) groups is 1. The topological polar surface area (TPSA) is 12.0 Å². The highest BCUT2D eigenvalue weighted by Gasteiger charge is 2.12. The molecule has 1 N–H and O–H groups in total. The standard InChI is InChI=1S/C15H24BrNS/c1-4-12(5-2)10-14(17-3)11-18-15-8-6-13(16)7-9-15/h6-9,12,14,17H,4-5,10-11H2,1-3H3. The van der Waals surface area contributed by atoms with Gasteiger partial charge in [0.25, 0.3) is 0 Å². The summed E-state index contributed by atoms with van der Waals surface area (Å²) in [5, 5.41) is 3.45. The fraction of sp³-hybridized carbons (Fsp3) is 0.600.